The summed E-state index contributed by atoms with van der Waals surface area (Å²) in [6, 6.07) is 10.6. The number of carbonyl (C=O) groups excluding carboxylic acids is 1. The number of amides is 1. The van der Waals surface area contributed by atoms with Crippen LogP contribution in [0.25, 0.3) is 0 Å². The number of aryl methyl sites for hydroxylation is 1. The lowest BCUT2D eigenvalue weighted by atomic mass is 10.1. The van der Waals surface area contributed by atoms with E-state index in [4.69, 9.17) is 16.3 Å². The normalized spacial score (nSPS) is 10.2. The summed E-state index contributed by atoms with van der Waals surface area (Å²) in [4.78, 5) is 12.2. The number of hydrogen-bond donors (Lipinski definition) is 1. The SMILES string of the molecule is COc1ccc(Br)cc1NC(=O)c1ccc(Cl)c(C)c1. The predicted molar refractivity (Wildman–Crippen MR) is 84.8 cm³/mol. The van der Waals surface area contributed by atoms with Crippen LogP contribution in [0.3, 0.4) is 0 Å². The fourth-order valence-corrected chi connectivity index (χ4v) is 2.24. The summed E-state index contributed by atoms with van der Waals surface area (Å²) in [6.07, 6.45) is 0. The first-order valence-corrected chi connectivity index (χ1v) is 7.09. The molecule has 0 unspecified atom stereocenters. The zero-order valence-electron chi connectivity index (χ0n) is 11.0. The topological polar surface area (TPSA) is 38.3 Å². The molecule has 0 saturated carbocycles. The van der Waals surface area contributed by atoms with E-state index < -0.39 is 0 Å². The first-order chi connectivity index (χ1) is 9.51. The van der Waals surface area contributed by atoms with Gasteiger partial charge in [-0.2, -0.15) is 0 Å². The van der Waals surface area contributed by atoms with Crippen LogP contribution in [0.1, 0.15) is 15.9 Å². The maximum atomic E-state index is 12.2. The van der Waals surface area contributed by atoms with Crippen molar-refractivity contribution in [1.82, 2.24) is 0 Å². The van der Waals surface area contributed by atoms with Crippen LogP contribution < -0.4 is 10.1 Å². The highest BCUT2D eigenvalue weighted by molar-refractivity contribution is 9.10. The zero-order valence-corrected chi connectivity index (χ0v) is 13.4. The zero-order chi connectivity index (χ0) is 14.7. The molecule has 0 fully saturated rings. The minimum Gasteiger partial charge on any atom is -0.495 e. The highest BCUT2D eigenvalue weighted by atomic mass is 79.9. The van der Waals surface area contributed by atoms with Crippen LogP contribution in [0, 0.1) is 6.92 Å². The smallest absolute Gasteiger partial charge is 0.255 e. The van der Waals surface area contributed by atoms with Crippen LogP contribution in [-0.2, 0) is 0 Å². The number of carbonyl (C=O) groups is 1. The van der Waals surface area contributed by atoms with Gasteiger partial charge in [-0.15, -0.1) is 0 Å². The Kier molecular flexibility index (Phi) is 4.68. The Balaban J connectivity index is 2.27. The Hall–Kier alpha value is -1.52. The van der Waals surface area contributed by atoms with Gasteiger partial charge in [0.1, 0.15) is 5.75 Å². The van der Waals surface area contributed by atoms with E-state index in [1.807, 2.05) is 13.0 Å². The summed E-state index contributed by atoms with van der Waals surface area (Å²) in [5, 5.41) is 3.47. The summed E-state index contributed by atoms with van der Waals surface area (Å²) in [5.41, 5.74) is 2.02. The Bertz CT molecular complexity index is 658. The van der Waals surface area contributed by atoms with Gasteiger partial charge in [-0.1, -0.05) is 27.5 Å². The van der Waals surface area contributed by atoms with Gasteiger partial charge in [0.2, 0.25) is 0 Å². The highest BCUT2D eigenvalue weighted by Gasteiger charge is 2.11. The molecule has 0 heterocycles. The number of ether oxygens (including phenoxy) is 1. The third-order valence-corrected chi connectivity index (χ3v) is 3.75. The van der Waals surface area contributed by atoms with E-state index >= 15 is 0 Å². The van der Waals surface area contributed by atoms with Crippen LogP contribution in [-0.4, -0.2) is 13.0 Å². The van der Waals surface area contributed by atoms with Crippen molar-refractivity contribution in [3.05, 3.63) is 57.0 Å². The van der Waals surface area contributed by atoms with E-state index in [2.05, 4.69) is 21.2 Å². The fourth-order valence-electron chi connectivity index (χ4n) is 1.76. The predicted octanol–water partition coefficient (Wildman–Crippen LogP) is 4.67. The van der Waals surface area contributed by atoms with Crippen LogP contribution in [0.15, 0.2) is 40.9 Å². The van der Waals surface area contributed by atoms with Crippen LogP contribution in [0.2, 0.25) is 5.02 Å². The molecule has 2 aromatic carbocycles. The molecule has 5 heteroatoms. The summed E-state index contributed by atoms with van der Waals surface area (Å²) >= 11 is 9.32. The first-order valence-electron chi connectivity index (χ1n) is 5.92. The molecule has 0 spiro atoms. The Morgan fingerprint density at radius 1 is 1.25 bits per heavy atom. The minimum absolute atomic E-state index is 0.207. The van der Waals surface area contributed by atoms with Crippen molar-refractivity contribution >= 4 is 39.1 Å². The van der Waals surface area contributed by atoms with Crippen LogP contribution >= 0.6 is 27.5 Å². The van der Waals surface area contributed by atoms with Crippen LogP contribution in [0.5, 0.6) is 5.75 Å². The molecule has 0 aliphatic heterocycles. The summed E-state index contributed by atoms with van der Waals surface area (Å²) < 4.78 is 6.09. The van der Waals surface area contributed by atoms with Gasteiger partial charge < -0.3 is 10.1 Å². The van der Waals surface area contributed by atoms with Gasteiger partial charge in [-0.05, 0) is 48.9 Å². The molecule has 0 aliphatic rings. The second-order valence-corrected chi connectivity index (χ2v) is 5.59. The van der Waals surface area contributed by atoms with Gasteiger partial charge in [-0.25, -0.2) is 0 Å². The summed E-state index contributed by atoms with van der Waals surface area (Å²) in [7, 11) is 1.56. The van der Waals surface area contributed by atoms with Crippen LogP contribution in [0.4, 0.5) is 5.69 Å². The maximum absolute atomic E-state index is 12.2. The Morgan fingerprint density at radius 2 is 2.00 bits per heavy atom. The fraction of sp³-hybridized carbons (Fsp3) is 0.133. The molecule has 104 valence electrons. The van der Waals surface area contributed by atoms with Crippen molar-refractivity contribution in [2.75, 3.05) is 12.4 Å². The Labute approximate surface area is 131 Å². The van der Waals surface area contributed by atoms with Crippen molar-refractivity contribution in [2.24, 2.45) is 0 Å². The average molecular weight is 355 g/mol. The van der Waals surface area contributed by atoms with Crippen molar-refractivity contribution in [3.63, 3.8) is 0 Å². The summed E-state index contributed by atoms with van der Waals surface area (Å²) in [6.45, 7) is 1.86. The van der Waals surface area contributed by atoms with Gasteiger partial charge in [0.25, 0.3) is 5.91 Å². The van der Waals surface area contributed by atoms with Gasteiger partial charge >= 0.3 is 0 Å². The third-order valence-electron chi connectivity index (χ3n) is 2.83. The van der Waals surface area contributed by atoms with E-state index in [0.717, 1.165) is 10.0 Å². The molecule has 0 aromatic heterocycles. The van der Waals surface area contributed by atoms with E-state index in [9.17, 15) is 4.79 Å². The molecular weight excluding hydrogens is 342 g/mol. The largest absolute Gasteiger partial charge is 0.495 e. The lowest BCUT2D eigenvalue weighted by Gasteiger charge is -2.11. The maximum Gasteiger partial charge on any atom is 0.255 e. The van der Waals surface area contributed by atoms with Crippen molar-refractivity contribution in [1.29, 1.82) is 0 Å². The number of methoxy groups -OCH3 is 1. The number of nitrogens with one attached hydrogen (secondary N) is 1. The van der Waals surface area contributed by atoms with Crippen molar-refractivity contribution < 1.29 is 9.53 Å². The molecule has 2 aromatic rings. The minimum atomic E-state index is -0.207. The van der Waals surface area contributed by atoms with E-state index in [1.54, 1.807) is 37.4 Å². The summed E-state index contributed by atoms with van der Waals surface area (Å²) in [5.74, 6) is 0.397. The quantitative estimate of drug-likeness (QED) is 0.869. The molecule has 0 bridgehead atoms. The van der Waals surface area contributed by atoms with Gasteiger partial charge in [0.15, 0.2) is 0 Å². The number of halogens is 2. The lowest BCUT2D eigenvalue weighted by Crippen LogP contribution is -2.12. The molecule has 0 aliphatic carbocycles. The molecule has 1 N–H and O–H groups in total. The second-order valence-electron chi connectivity index (χ2n) is 4.26. The van der Waals surface area contributed by atoms with Crippen molar-refractivity contribution in [2.45, 2.75) is 6.92 Å². The molecule has 2 rings (SSSR count). The van der Waals surface area contributed by atoms with E-state index in [-0.39, 0.29) is 5.91 Å². The Morgan fingerprint density at radius 3 is 2.65 bits per heavy atom. The molecule has 0 atom stereocenters. The second kappa shape index (κ2) is 6.29. The van der Waals surface area contributed by atoms with E-state index in [0.29, 0.717) is 22.0 Å². The van der Waals surface area contributed by atoms with Crippen molar-refractivity contribution in [3.8, 4) is 5.75 Å². The average Bonchev–Trinajstić information content (AvgIpc) is 2.42. The van der Waals surface area contributed by atoms with Gasteiger partial charge in [-0.3, -0.25) is 4.79 Å². The first kappa shape index (κ1) is 14.9. The number of benzene rings is 2. The standard InChI is InChI=1S/C15H13BrClNO2/c1-9-7-10(3-5-12(9)17)15(19)18-13-8-11(16)4-6-14(13)20-2/h3-8H,1-2H3,(H,18,19). The molecule has 20 heavy (non-hydrogen) atoms. The number of rotatable bonds is 3. The molecule has 1 amide bonds. The third kappa shape index (κ3) is 3.32. The number of hydrogen-bond acceptors (Lipinski definition) is 2. The monoisotopic (exact) mass is 353 g/mol. The van der Waals surface area contributed by atoms with E-state index in [1.165, 1.54) is 0 Å². The highest BCUT2D eigenvalue weighted by Crippen LogP contribution is 2.28. The molecule has 0 saturated heterocycles. The van der Waals surface area contributed by atoms with Gasteiger partial charge in [0.05, 0.1) is 12.8 Å². The van der Waals surface area contributed by atoms with Gasteiger partial charge in [0, 0.05) is 15.1 Å². The molecule has 0 radical (unpaired) electrons. The number of anilines is 1. The molecule has 3 nitrogen and oxygen atoms in total. The molecular formula is C15H13BrClNO2. The lowest BCUT2D eigenvalue weighted by molar-refractivity contribution is 0.102.